The smallest absolute Gasteiger partial charge is 0.319 e. The normalized spacial score (nSPS) is 12.4. The number of nitrogens with one attached hydrogen (secondary N) is 2. The molecule has 5 nitrogen and oxygen atoms in total. The Balaban J connectivity index is 1.56. The van der Waals surface area contributed by atoms with Crippen molar-refractivity contribution in [3.05, 3.63) is 52.8 Å². The molecule has 0 unspecified atom stereocenters. The molecule has 2 N–H and O–H groups in total. The molecule has 22 heavy (non-hydrogen) atoms. The number of nitrogens with zero attached hydrogens (tertiary/aromatic N) is 1. The predicted molar refractivity (Wildman–Crippen MR) is 85.6 cm³/mol. The van der Waals surface area contributed by atoms with Gasteiger partial charge in [-0.05, 0) is 24.3 Å². The van der Waals surface area contributed by atoms with Crippen molar-refractivity contribution in [3.8, 4) is 5.75 Å². The van der Waals surface area contributed by atoms with Crippen LogP contribution >= 0.6 is 11.6 Å². The zero-order valence-corrected chi connectivity index (χ0v) is 12.7. The van der Waals surface area contributed by atoms with E-state index in [0.29, 0.717) is 36.0 Å². The molecule has 2 amide bonds. The van der Waals surface area contributed by atoms with Gasteiger partial charge in [-0.1, -0.05) is 17.7 Å². The summed E-state index contributed by atoms with van der Waals surface area (Å²) in [7, 11) is 0. The van der Waals surface area contributed by atoms with Crippen molar-refractivity contribution in [1.29, 1.82) is 0 Å². The lowest BCUT2D eigenvalue weighted by Crippen LogP contribution is -2.30. The molecule has 0 atom stereocenters. The first kappa shape index (κ1) is 14.7. The molecule has 1 aliphatic rings. The maximum absolute atomic E-state index is 12.0. The largest absolute Gasteiger partial charge is 0.491 e. The van der Waals surface area contributed by atoms with Crippen LogP contribution in [0, 0.1) is 0 Å². The Morgan fingerprint density at radius 3 is 3.09 bits per heavy atom. The Kier molecular flexibility index (Phi) is 4.44. The van der Waals surface area contributed by atoms with Crippen LogP contribution in [0.5, 0.6) is 5.75 Å². The van der Waals surface area contributed by atoms with Crippen molar-refractivity contribution >= 4 is 23.3 Å². The average Bonchev–Trinajstić information content (AvgIpc) is 2.96. The zero-order chi connectivity index (χ0) is 15.4. The third kappa shape index (κ3) is 3.49. The van der Waals surface area contributed by atoms with E-state index >= 15 is 0 Å². The number of pyridine rings is 1. The Morgan fingerprint density at radius 2 is 2.27 bits per heavy atom. The molecule has 0 radical (unpaired) electrons. The molecule has 0 fully saturated rings. The van der Waals surface area contributed by atoms with Gasteiger partial charge in [-0.15, -0.1) is 0 Å². The molecule has 6 heteroatoms. The van der Waals surface area contributed by atoms with Gasteiger partial charge in [-0.2, -0.15) is 0 Å². The molecule has 0 bridgehead atoms. The fourth-order valence-corrected chi connectivity index (χ4v) is 2.62. The average molecular weight is 318 g/mol. The number of benzene rings is 1. The minimum Gasteiger partial charge on any atom is -0.491 e. The quantitative estimate of drug-likeness (QED) is 0.911. The molecule has 3 rings (SSSR count). The van der Waals surface area contributed by atoms with Crippen molar-refractivity contribution in [2.45, 2.75) is 12.8 Å². The number of amides is 2. The Bertz CT molecular complexity index is 677. The number of ether oxygens (including phenoxy) is 1. The third-order valence-electron chi connectivity index (χ3n) is 3.39. The first-order chi connectivity index (χ1) is 10.7. The van der Waals surface area contributed by atoms with Crippen molar-refractivity contribution in [2.24, 2.45) is 0 Å². The highest BCUT2D eigenvalue weighted by atomic mass is 35.5. The number of aromatic nitrogens is 1. The van der Waals surface area contributed by atoms with E-state index in [0.717, 1.165) is 17.7 Å². The lowest BCUT2D eigenvalue weighted by molar-refractivity contribution is 0.252. The van der Waals surface area contributed by atoms with E-state index in [1.54, 1.807) is 12.3 Å². The van der Waals surface area contributed by atoms with Crippen LogP contribution in [0.3, 0.4) is 0 Å². The van der Waals surface area contributed by atoms with E-state index < -0.39 is 0 Å². The monoisotopic (exact) mass is 317 g/mol. The third-order valence-corrected chi connectivity index (χ3v) is 3.61. The molecule has 0 saturated carbocycles. The highest BCUT2D eigenvalue weighted by Gasteiger charge is 2.18. The maximum atomic E-state index is 12.0. The molecule has 0 spiro atoms. The van der Waals surface area contributed by atoms with E-state index in [-0.39, 0.29) is 6.03 Å². The molecule has 2 heterocycles. The van der Waals surface area contributed by atoms with Gasteiger partial charge in [0.25, 0.3) is 0 Å². The molecular formula is C16H16ClN3O2. The lowest BCUT2D eigenvalue weighted by atomic mass is 10.1. The van der Waals surface area contributed by atoms with Crippen LogP contribution in [0.4, 0.5) is 10.5 Å². The number of hydrogen-bond donors (Lipinski definition) is 2. The number of halogens is 1. The Hall–Kier alpha value is -2.27. The SMILES string of the molecule is O=C(NCCc1ccccn1)Nc1cc(Cl)cc2c1OCC2. The second-order valence-electron chi connectivity index (χ2n) is 4.99. The van der Waals surface area contributed by atoms with Crippen LogP contribution in [0.25, 0.3) is 0 Å². The maximum Gasteiger partial charge on any atom is 0.319 e. The first-order valence-corrected chi connectivity index (χ1v) is 7.50. The van der Waals surface area contributed by atoms with Gasteiger partial charge in [0, 0.05) is 41.9 Å². The van der Waals surface area contributed by atoms with Gasteiger partial charge < -0.3 is 15.4 Å². The molecule has 1 aliphatic heterocycles. The zero-order valence-electron chi connectivity index (χ0n) is 11.9. The van der Waals surface area contributed by atoms with Gasteiger partial charge in [0.15, 0.2) is 0 Å². The highest BCUT2D eigenvalue weighted by Crippen LogP contribution is 2.36. The number of rotatable bonds is 4. The summed E-state index contributed by atoms with van der Waals surface area (Å²) in [6.07, 6.45) is 3.23. The molecule has 2 aromatic rings. The van der Waals surface area contributed by atoms with Gasteiger partial charge in [-0.25, -0.2) is 4.79 Å². The van der Waals surface area contributed by atoms with E-state index in [1.165, 1.54) is 0 Å². The summed E-state index contributed by atoms with van der Waals surface area (Å²) in [4.78, 5) is 16.2. The summed E-state index contributed by atoms with van der Waals surface area (Å²) in [5.74, 6) is 0.712. The predicted octanol–water partition coefficient (Wildman–Crippen LogP) is 3.03. The molecule has 114 valence electrons. The number of carbonyl (C=O) groups excluding carboxylic acids is 1. The van der Waals surface area contributed by atoms with E-state index in [9.17, 15) is 4.79 Å². The van der Waals surface area contributed by atoms with Crippen molar-refractivity contribution in [3.63, 3.8) is 0 Å². The van der Waals surface area contributed by atoms with Crippen LogP contribution in [0.2, 0.25) is 5.02 Å². The number of hydrogen-bond acceptors (Lipinski definition) is 3. The topological polar surface area (TPSA) is 63.2 Å². The van der Waals surface area contributed by atoms with Gasteiger partial charge in [0.2, 0.25) is 0 Å². The fourth-order valence-electron chi connectivity index (χ4n) is 2.38. The van der Waals surface area contributed by atoms with Crippen LogP contribution < -0.4 is 15.4 Å². The van der Waals surface area contributed by atoms with E-state index in [4.69, 9.17) is 16.3 Å². The van der Waals surface area contributed by atoms with Crippen molar-refractivity contribution < 1.29 is 9.53 Å². The van der Waals surface area contributed by atoms with E-state index in [2.05, 4.69) is 15.6 Å². The molecule has 1 aromatic carbocycles. The summed E-state index contributed by atoms with van der Waals surface area (Å²) in [5.41, 5.74) is 2.57. The lowest BCUT2D eigenvalue weighted by Gasteiger charge is -2.11. The molecule has 0 aliphatic carbocycles. The summed E-state index contributed by atoms with van der Waals surface area (Å²) in [6.45, 7) is 1.12. The minimum atomic E-state index is -0.282. The van der Waals surface area contributed by atoms with Gasteiger partial charge in [0.1, 0.15) is 5.75 Å². The summed E-state index contributed by atoms with van der Waals surface area (Å²) >= 11 is 6.06. The number of anilines is 1. The molecule has 1 aromatic heterocycles. The Morgan fingerprint density at radius 1 is 1.36 bits per heavy atom. The van der Waals surface area contributed by atoms with Crippen molar-refractivity contribution in [1.82, 2.24) is 10.3 Å². The summed E-state index contributed by atoms with van der Waals surface area (Å²) in [5, 5.41) is 6.18. The first-order valence-electron chi connectivity index (χ1n) is 7.12. The summed E-state index contributed by atoms with van der Waals surface area (Å²) < 4.78 is 5.55. The van der Waals surface area contributed by atoms with Gasteiger partial charge in [-0.3, -0.25) is 4.98 Å². The van der Waals surface area contributed by atoms with Crippen LogP contribution in [-0.4, -0.2) is 24.2 Å². The Labute approximate surface area is 133 Å². The van der Waals surface area contributed by atoms with Crippen molar-refractivity contribution in [2.75, 3.05) is 18.5 Å². The second kappa shape index (κ2) is 6.66. The minimum absolute atomic E-state index is 0.282. The highest BCUT2D eigenvalue weighted by molar-refractivity contribution is 6.31. The number of fused-ring (bicyclic) bond motifs is 1. The summed E-state index contributed by atoms with van der Waals surface area (Å²) in [6, 6.07) is 9.00. The second-order valence-corrected chi connectivity index (χ2v) is 5.43. The molecule has 0 saturated heterocycles. The van der Waals surface area contributed by atoms with Crippen LogP contribution in [0.1, 0.15) is 11.3 Å². The standard InChI is InChI=1S/C16H16ClN3O2/c17-12-9-11-5-8-22-15(11)14(10-12)20-16(21)19-7-4-13-3-1-2-6-18-13/h1-3,6,9-10H,4-5,7-8H2,(H2,19,20,21). The van der Waals surface area contributed by atoms with Gasteiger partial charge >= 0.3 is 6.03 Å². The van der Waals surface area contributed by atoms with E-state index in [1.807, 2.05) is 24.3 Å². The van der Waals surface area contributed by atoms with Crippen LogP contribution in [-0.2, 0) is 12.8 Å². The molecular weight excluding hydrogens is 302 g/mol. The van der Waals surface area contributed by atoms with Gasteiger partial charge in [0.05, 0.1) is 12.3 Å². The number of urea groups is 1. The number of carbonyl (C=O) groups is 1. The fraction of sp³-hybridized carbons (Fsp3) is 0.250. The van der Waals surface area contributed by atoms with Crippen LogP contribution in [0.15, 0.2) is 36.5 Å².